The number of aromatic nitrogens is 3. The second-order valence-corrected chi connectivity index (χ2v) is 8.26. The van der Waals surface area contributed by atoms with Crippen LogP contribution in [-0.2, 0) is 24.3 Å². The van der Waals surface area contributed by atoms with Crippen LogP contribution in [0, 0.1) is 0 Å². The van der Waals surface area contributed by atoms with Crippen molar-refractivity contribution < 1.29 is 13.9 Å². The van der Waals surface area contributed by atoms with E-state index in [4.69, 9.17) is 32.4 Å². The van der Waals surface area contributed by atoms with E-state index in [0.717, 1.165) is 12.2 Å². The van der Waals surface area contributed by atoms with Gasteiger partial charge in [0.05, 0.1) is 30.2 Å². The van der Waals surface area contributed by atoms with Crippen LogP contribution < -0.4 is 10.1 Å². The highest BCUT2D eigenvalue weighted by atomic mass is 35.5. The van der Waals surface area contributed by atoms with Gasteiger partial charge in [0, 0.05) is 18.0 Å². The van der Waals surface area contributed by atoms with Gasteiger partial charge in [0.2, 0.25) is 5.91 Å². The molecule has 0 radical (unpaired) electrons. The molecule has 0 fully saturated rings. The number of aryl methyl sites for hydroxylation is 1. The number of carbonyl (C=O) groups excluding carboxylic acids is 1. The second-order valence-electron chi connectivity index (χ2n) is 6.47. The molecule has 3 rings (SSSR count). The van der Waals surface area contributed by atoms with Crippen LogP contribution in [0.4, 0.5) is 0 Å². The van der Waals surface area contributed by atoms with Crippen LogP contribution in [0.25, 0.3) is 0 Å². The Labute approximate surface area is 194 Å². The van der Waals surface area contributed by atoms with Crippen LogP contribution in [0.1, 0.15) is 18.0 Å². The van der Waals surface area contributed by atoms with Gasteiger partial charge in [0.1, 0.15) is 17.3 Å². The molecule has 0 bridgehead atoms. The lowest BCUT2D eigenvalue weighted by Gasteiger charge is -2.09. The summed E-state index contributed by atoms with van der Waals surface area (Å²) >= 11 is 13.3. The van der Waals surface area contributed by atoms with Gasteiger partial charge >= 0.3 is 0 Å². The van der Waals surface area contributed by atoms with Crippen molar-refractivity contribution in [3.05, 3.63) is 70.9 Å². The Kier molecular flexibility index (Phi) is 8.87. The van der Waals surface area contributed by atoms with Gasteiger partial charge in [0.15, 0.2) is 5.16 Å². The summed E-state index contributed by atoms with van der Waals surface area (Å²) in [7, 11) is 0. The first kappa shape index (κ1) is 23.2. The Morgan fingerprint density at radius 3 is 2.94 bits per heavy atom. The number of halogens is 2. The molecular formula is C21H22Cl2N4O3S. The summed E-state index contributed by atoms with van der Waals surface area (Å²) in [6.45, 7) is 5.18. The molecule has 2 aromatic heterocycles. The summed E-state index contributed by atoms with van der Waals surface area (Å²) in [5.41, 5.74) is 0. The highest BCUT2D eigenvalue weighted by Crippen LogP contribution is 2.27. The maximum absolute atomic E-state index is 12.1. The predicted molar refractivity (Wildman–Crippen MR) is 122 cm³/mol. The molecule has 0 unspecified atom stereocenters. The average Bonchev–Trinajstić information content (AvgIpc) is 3.40. The lowest BCUT2D eigenvalue weighted by molar-refractivity contribution is -0.118. The summed E-state index contributed by atoms with van der Waals surface area (Å²) in [4.78, 5) is 12.1. The van der Waals surface area contributed by atoms with E-state index < -0.39 is 0 Å². The molecule has 0 spiro atoms. The molecule has 10 heteroatoms. The minimum atomic E-state index is -0.107. The molecule has 3 aromatic rings. The van der Waals surface area contributed by atoms with E-state index in [1.54, 1.807) is 36.6 Å². The van der Waals surface area contributed by atoms with E-state index in [2.05, 4.69) is 22.1 Å². The number of ether oxygens (including phenoxy) is 1. The number of rotatable bonds is 12. The molecule has 0 saturated carbocycles. The largest absolute Gasteiger partial charge is 0.492 e. The lowest BCUT2D eigenvalue weighted by atomic mass is 10.3. The van der Waals surface area contributed by atoms with Crippen molar-refractivity contribution in [2.24, 2.45) is 0 Å². The SMILES string of the molecule is C=CCn1c(CCCOc2ccc(Cl)cc2Cl)nnc1SCC(=O)NCc1ccco1. The number of allylic oxidation sites excluding steroid dienone is 1. The van der Waals surface area contributed by atoms with Crippen LogP contribution in [-0.4, -0.2) is 33.0 Å². The standard InChI is InChI=1S/C21H22Cl2N4O3S/c1-2-9-27-19(6-4-11-30-18-8-7-15(22)12-17(18)23)25-26-21(27)31-14-20(28)24-13-16-5-3-10-29-16/h2-3,5,7-8,10,12H,1,4,6,9,11,13-14H2,(H,24,28). The smallest absolute Gasteiger partial charge is 0.230 e. The maximum atomic E-state index is 12.1. The van der Waals surface area contributed by atoms with Gasteiger partial charge in [-0.05, 0) is 36.8 Å². The third kappa shape index (κ3) is 7.05. The van der Waals surface area contributed by atoms with Crippen molar-refractivity contribution in [1.29, 1.82) is 0 Å². The zero-order valence-corrected chi connectivity index (χ0v) is 19.1. The van der Waals surface area contributed by atoms with Gasteiger partial charge in [-0.3, -0.25) is 4.79 Å². The van der Waals surface area contributed by atoms with Gasteiger partial charge in [0.25, 0.3) is 0 Å². The number of hydrogen-bond donors (Lipinski definition) is 1. The summed E-state index contributed by atoms with van der Waals surface area (Å²) in [6.07, 6.45) is 4.74. The number of carbonyl (C=O) groups is 1. The molecule has 1 aromatic carbocycles. The second kappa shape index (κ2) is 11.8. The van der Waals surface area contributed by atoms with Crippen molar-refractivity contribution in [2.75, 3.05) is 12.4 Å². The molecule has 0 atom stereocenters. The first-order chi connectivity index (χ1) is 15.1. The Morgan fingerprint density at radius 1 is 1.32 bits per heavy atom. The molecule has 0 aliphatic heterocycles. The molecular weight excluding hydrogens is 459 g/mol. The van der Waals surface area contributed by atoms with Crippen LogP contribution >= 0.6 is 35.0 Å². The Balaban J connectivity index is 1.48. The minimum absolute atomic E-state index is 0.107. The van der Waals surface area contributed by atoms with Crippen LogP contribution in [0.3, 0.4) is 0 Å². The van der Waals surface area contributed by atoms with Gasteiger partial charge in [-0.15, -0.1) is 16.8 Å². The minimum Gasteiger partial charge on any atom is -0.492 e. The Bertz CT molecular complexity index is 1010. The molecule has 1 amide bonds. The van der Waals surface area contributed by atoms with Crippen molar-refractivity contribution in [1.82, 2.24) is 20.1 Å². The van der Waals surface area contributed by atoms with E-state index in [9.17, 15) is 4.79 Å². The zero-order valence-electron chi connectivity index (χ0n) is 16.7. The molecule has 7 nitrogen and oxygen atoms in total. The molecule has 2 heterocycles. The Hall–Kier alpha value is -2.42. The quantitative estimate of drug-likeness (QED) is 0.228. The highest BCUT2D eigenvalue weighted by Gasteiger charge is 2.14. The predicted octanol–water partition coefficient (Wildman–Crippen LogP) is 4.78. The van der Waals surface area contributed by atoms with E-state index in [1.165, 1.54) is 11.8 Å². The third-order valence-electron chi connectivity index (χ3n) is 4.17. The first-order valence-corrected chi connectivity index (χ1v) is 11.3. The molecule has 1 N–H and O–H groups in total. The number of amides is 1. The topological polar surface area (TPSA) is 82.2 Å². The van der Waals surface area contributed by atoms with E-state index in [1.807, 2.05) is 10.6 Å². The number of hydrogen-bond acceptors (Lipinski definition) is 6. The van der Waals surface area contributed by atoms with Gasteiger partial charge in [-0.25, -0.2) is 0 Å². The number of nitrogens with zero attached hydrogens (tertiary/aromatic N) is 3. The summed E-state index contributed by atoms with van der Waals surface area (Å²) in [5, 5.41) is 13.0. The first-order valence-electron chi connectivity index (χ1n) is 9.59. The average molecular weight is 481 g/mol. The molecule has 0 aliphatic carbocycles. The van der Waals surface area contributed by atoms with Gasteiger partial charge in [-0.1, -0.05) is 41.0 Å². The molecule has 0 aliphatic rings. The fourth-order valence-electron chi connectivity index (χ4n) is 2.71. The van der Waals surface area contributed by atoms with E-state index >= 15 is 0 Å². The number of nitrogens with one attached hydrogen (secondary N) is 1. The number of benzene rings is 1. The van der Waals surface area contributed by atoms with E-state index in [0.29, 0.717) is 52.8 Å². The number of thioether (sulfide) groups is 1. The lowest BCUT2D eigenvalue weighted by Crippen LogP contribution is -2.24. The van der Waals surface area contributed by atoms with Crippen molar-refractivity contribution in [3.8, 4) is 5.75 Å². The Morgan fingerprint density at radius 2 is 2.19 bits per heavy atom. The maximum Gasteiger partial charge on any atom is 0.230 e. The van der Waals surface area contributed by atoms with Crippen LogP contribution in [0.15, 0.2) is 58.8 Å². The van der Waals surface area contributed by atoms with Crippen molar-refractivity contribution >= 4 is 40.9 Å². The zero-order chi connectivity index (χ0) is 22.1. The fourth-order valence-corrected chi connectivity index (χ4v) is 3.97. The van der Waals surface area contributed by atoms with E-state index in [-0.39, 0.29) is 11.7 Å². The fraction of sp³-hybridized carbons (Fsp3) is 0.286. The van der Waals surface area contributed by atoms with Gasteiger partial charge in [-0.2, -0.15) is 0 Å². The molecule has 31 heavy (non-hydrogen) atoms. The van der Waals surface area contributed by atoms with Crippen LogP contribution in [0.2, 0.25) is 10.0 Å². The van der Waals surface area contributed by atoms with Crippen molar-refractivity contribution in [2.45, 2.75) is 31.1 Å². The van der Waals surface area contributed by atoms with Crippen molar-refractivity contribution in [3.63, 3.8) is 0 Å². The van der Waals surface area contributed by atoms with Gasteiger partial charge < -0.3 is 19.0 Å². The molecule has 0 saturated heterocycles. The summed E-state index contributed by atoms with van der Waals surface area (Å²) in [6, 6.07) is 8.72. The monoisotopic (exact) mass is 480 g/mol. The summed E-state index contributed by atoms with van der Waals surface area (Å²) < 4.78 is 12.9. The highest BCUT2D eigenvalue weighted by molar-refractivity contribution is 7.99. The van der Waals surface area contributed by atoms with Crippen LogP contribution in [0.5, 0.6) is 5.75 Å². The number of furan rings is 1. The normalized spacial score (nSPS) is 10.8. The third-order valence-corrected chi connectivity index (χ3v) is 5.67. The summed E-state index contributed by atoms with van der Waals surface area (Å²) in [5.74, 6) is 2.23. The molecule has 164 valence electrons.